The number of aromatic nitrogens is 1. The van der Waals surface area contributed by atoms with Gasteiger partial charge in [-0.2, -0.15) is 0 Å². The maximum absolute atomic E-state index is 12.0. The molecule has 0 aromatic carbocycles. The molecular weight excluding hydrogens is 296 g/mol. The number of rotatable bonds is 6. The fraction of sp³-hybridized carbons (Fsp3) is 0.750. The summed E-state index contributed by atoms with van der Waals surface area (Å²) >= 11 is 0. The minimum Gasteiger partial charge on any atom is -0.447 e. The topological polar surface area (TPSA) is 70.8 Å². The van der Waals surface area contributed by atoms with Gasteiger partial charge in [0.05, 0.1) is 12.7 Å². The van der Waals surface area contributed by atoms with E-state index >= 15 is 0 Å². The lowest BCUT2D eigenvalue weighted by Gasteiger charge is -2.35. The first-order valence-electron chi connectivity index (χ1n) is 8.22. The molecule has 7 nitrogen and oxygen atoms in total. The monoisotopic (exact) mass is 324 g/mol. The van der Waals surface area contributed by atoms with E-state index in [0.717, 1.165) is 51.4 Å². The number of nitrogens with one attached hydrogen (secondary N) is 1. The lowest BCUT2D eigenvalue weighted by atomic mass is 10.2. The van der Waals surface area contributed by atoms with Crippen molar-refractivity contribution in [1.82, 2.24) is 20.1 Å². The molecule has 1 saturated heterocycles. The van der Waals surface area contributed by atoms with Crippen molar-refractivity contribution >= 4 is 6.09 Å². The van der Waals surface area contributed by atoms with Crippen LogP contribution in [0.1, 0.15) is 33.0 Å². The number of piperazine rings is 1. The summed E-state index contributed by atoms with van der Waals surface area (Å²) in [7, 11) is 0. The molecule has 2 rings (SSSR count). The zero-order chi connectivity index (χ0) is 16.7. The summed E-state index contributed by atoms with van der Waals surface area (Å²) in [6.45, 7) is 11.7. The maximum Gasteiger partial charge on any atom is 0.410 e. The second-order valence-electron chi connectivity index (χ2n) is 6.81. The lowest BCUT2D eigenvalue weighted by Crippen LogP contribution is -2.50. The van der Waals surface area contributed by atoms with Gasteiger partial charge < -0.3 is 19.4 Å². The molecule has 1 aromatic rings. The van der Waals surface area contributed by atoms with E-state index < -0.39 is 5.60 Å². The van der Waals surface area contributed by atoms with Crippen LogP contribution in [-0.4, -0.2) is 65.7 Å². The van der Waals surface area contributed by atoms with Gasteiger partial charge in [0.2, 0.25) is 0 Å². The Kier molecular flexibility index (Phi) is 6.41. The van der Waals surface area contributed by atoms with Gasteiger partial charge in [-0.05, 0) is 40.3 Å². The minimum absolute atomic E-state index is 0.203. The van der Waals surface area contributed by atoms with Crippen LogP contribution < -0.4 is 5.32 Å². The minimum atomic E-state index is -0.427. The van der Waals surface area contributed by atoms with Crippen LogP contribution in [0, 0.1) is 0 Å². The Balaban J connectivity index is 1.55. The Morgan fingerprint density at radius 2 is 2.09 bits per heavy atom. The SMILES string of the molecule is CC(C)(C)OC(=O)N1CCN(CCCNCc2cnco2)CC1. The molecule has 0 aliphatic carbocycles. The van der Waals surface area contributed by atoms with E-state index in [4.69, 9.17) is 9.15 Å². The van der Waals surface area contributed by atoms with Gasteiger partial charge in [0.15, 0.2) is 6.39 Å². The van der Waals surface area contributed by atoms with Gasteiger partial charge >= 0.3 is 6.09 Å². The third-order valence-electron chi connectivity index (χ3n) is 3.63. The molecule has 23 heavy (non-hydrogen) atoms. The largest absolute Gasteiger partial charge is 0.447 e. The Morgan fingerprint density at radius 3 is 2.70 bits per heavy atom. The average Bonchev–Trinajstić information content (AvgIpc) is 2.99. The van der Waals surface area contributed by atoms with Crippen molar-refractivity contribution in [3.8, 4) is 0 Å². The van der Waals surface area contributed by atoms with Crippen molar-refractivity contribution in [2.24, 2.45) is 0 Å². The molecule has 1 aromatic heterocycles. The van der Waals surface area contributed by atoms with Gasteiger partial charge in [0.25, 0.3) is 0 Å². The van der Waals surface area contributed by atoms with Gasteiger partial charge in [0.1, 0.15) is 11.4 Å². The second kappa shape index (κ2) is 8.31. The van der Waals surface area contributed by atoms with Gasteiger partial charge in [-0.1, -0.05) is 0 Å². The second-order valence-corrected chi connectivity index (χ2v) is 6.81. The molecule has 2 heterocycles. The molecule has 1 amide bonds. The highest BCUT2D eigenvalue weighted by atomic mass is 16.6. The number of nitrogens with zero attached hydrogens (tertiary/aromatic N) is 3. The average molecular weight is 324 g/mol. The van der Waals surface area contributed by atoms with E-state index in [9.17, 15) is 4.79 Å². The van der Waals surface area contributed by atoms with E-state index in [1.165, 1.54) is 6.39 Å². The molecule has 0 saturated carbocycles. The molecule has 7 heteroatoms. The normalized spacial score (nSPS) is 16.6. The first kappa shape index (κ1) is 17.7. The molecule has 0 unspecified atom stereocenters. The van der Waals surface area contributed by atoms with Gasteiger partial charge in [-0.15, -0.1) is 0 Å². The third kappa shape index (κ3) is 6.58. The Hall–Kier alpha value is -1.60. The van der Waals surface area contributed by atoms with Crippen molar-refractivity contribution in [2.45, 2.75) is 39.3 Å². The van der Waals surface area contributed by atoms with Crippen LogP contribution in [0.4, 0.5) is 4.79 Å². The van der Waals surface area contributed by atoms with Crippen molar-refractivity contribution in [1.29, 1.82) is 0 Å². The van der Waals surface area contributed by atoms with Crippen molar-refractivity contribution in [3.63, 3.8) is 0 Å². The first-order chi connectivity index (χ1) is 10.9. The van der Waals surface area contributed by atoms with Gasteiger partial charge in [-0.25, -0.2) is 9.78 Å². The smallest absolute Gasteiger partial charge is 0.410 e. The van der Waals surface area contributed by atoms with Crippen LogP contribution in [0.2, 0.25) is 0 Å². The summed E-state index contributed by atoms with van der Waals surface area (Å²) in [6, 6.07) is 0. The molecule has 0 atom stereocenters. The Labute approximate surface area is 138 Å². The van der Waals surface area contributed by atoms with E-state index in [1.54, 1.807) is 11.1 Å². The molecule has 0 radical (unpaired) electrons. The fourth-order valence-corrected chi connectivity index (χ4v) is 2.45. The number of hydrogen-bond donors (Lipinski definition) is 1. The third-order valence-corrected chi connectivity index (χ3v) is 3.63. The van der Waals surface area contributed by atoms with E-state index in [2.05, 4.69) is 15.2 Å². The van der Waals surface area contributed by atoms with Gasteiger partial charge in [-0.3, -0.25) is 4.90 Å². The van der Waals surface area contributed by atoms with Crippen LogP contribution >= 0.6 is 0 Å². The molecule has 130 valence electrons. The summed E-state index contributed by atoms with van der Waals surface area (Å²) in [6.07, 6.45) is 4.04. The Bertz CT molecular complexity index is 462. The maximum atomic E-state index is 12.0. The summed E-state index contributed by atoms with van der Waals surface area (Å²) in [5.41, 5.74) is -0.427. The van der Waals surface area contributed by atoms with Crippen LogP contribution in [0.3, 0.4) is 0 Å². The molecule has 0 bridgehead atoms. The zero-order valence-corrected chi connectivity index (χ0v) is 14.4. The summed E-state index contributed by atoms with van der Waals surface area (Å²) in [5, 5.41) is 3.34. The lowest BCUT2D eigenvalue weighted by molar-refractivity contribution is 0.0144. The standard InChI is InChI=1S/C16H28N4O3/c1-16(2,3)23-15(21)20-9-7-19(8-10-20)6-4-5-17-11-14-12-18-13-22-14/h12-13,17H,4-11H2,1-3H3. The van der Waals surface area contributed by atoms with Gasteiger partial charge in [0, 0.05) is 26.2 Å². The predicted molar refractivity (Wildman–Crippen MR) is 87.1 cm³/mol. The number of amides is 1. The highest BCUT2D eigenvalue weighted by Crippen LogP contribution is 2.11. The predicted octanol–water partition coefficient (Wildman–Crippen LogP) is 1.71. The molecule has 1 N–H and O–H groups in total. The molecular formula is C16H28N4O3. The number of oxazole rings is 1. The van der Waals surface area contributed by atoms with Crippen molar-refractivity contribution in [3.05, 3.63) is 18.4 Å². The zero-order valence-electron chi connectivity index (χ0n) is 14.4. The number of carbonyl (C=O) groups excluding carboxylic acids is 1. The highest BCUT2D eigenvalue weighted by Gasteiger charge is 2.25. The van der Waals surface area contributed by atoms with Crippen LogP contribution in [0.25, 0.3) is 0 Å². The molecule has 1 aliphatic heterocycles. The number of ether oxygens (including phenoxy) is 1. The summed E-state index contributed by atoms with van der Waals surface area (Å²) < 4.78 is 10.6. The van der Waals surface area contributed by atoms with E-state index in [0.29, 0.717) is 6.54 Å². The first-order valence-corrected chi connectivity index (χ1v) is 8.22. The molecule has 0 spiro atoms. The van der Waals surface area contributed by atoms with E-state index in [1.807, 2.05) is 20.8 Å². The van der Waals surface area contributed by atoms with Crippen molar-refractivity contribution < 1.29 is 13.9 Å². The molecule has 1 aliphatic rings. The van der Waals surface area contributed by atoms with Crippen molar-refractivity contribution in [2.75, 3.05) is 39.3 Å². The highest BCUT2D eigenvalue weighted by molar-refractivity contribution is 5.68. The summed E-state index contributed by atoms with van der Waals surface area (Å²) in [4.78, 5) is 20.1. The summed E-state index contributed by atoms with van der Waals surface area (Å²) in [5.74, 6) is 0.857. The Morgan fingerprint density at radius 1 is 1.35 bits per heavy atom. The van der Waals surface area contributed by atoms with Crippen LogP contribution in [-0.2, 0) is 11.3 Å². The molecule has 1 fully saturated rings. The van der Waals surface area contributed by atoms with E-state index in [-0.39, 0.29) is 6.09 Å². The van der Waals surface area contributed by atoms with Crippen LogP contribution in [0.15, 0.2) is 17.0 Å². The number of carbonyl (C=O) groups is 1. The fourth-order valence-electron chi connectivity index (χ4n) is 2.45. The van der Waals surface area contributed by atoms with Crippen LogP contribution in [0.5, 0.6) is 0 Å². The number of hydrogen-bond acceptors (Lipinski definition) is 6. The quantitative estimate of drug-likeness (QED) is 0.803.